The van der Waals surface area contributed by atoms with E-state index in [1.54, 1.807) is 30.3 Å². The molecule has 98 valence electrons. The number of rotatable bonds is 1. The van der Waals surface area contributed by atoms with Gasteiger partial charge in [-0.25, -0.2) is 0 Å². The topological polar surface area (TPSA) is 69.9 Å². The normalized spacial score (nSPS) is 21.5. The summed E-state index contributed by atoms with van der Waals surface area (Å²) < 4.78 is 5.59. The lowest BCUT2D eigenvalue weighted by molar-refractivity contribution is 0.0887. The summed E-state index contributed by atoms with van der Waals surface area (Å²) in [5, 5.41) is 29.1. The number of fused-ring (bicyclic) bond motifs is 1. The summed E-state index contributed by atoms with van der Waals surface area (Å²) >= 11 is 0. The maximum Gasteiger partial charge on any atom is 0.128 e. The highest BCUT2D eigenvalue weighted by atomic mass is 16.5. The molecule has 0 saturated carbocycles. The molecule has 2 atom stereocenters. The first-order valence-electron chi connectivity index (χ1n) is 6.08. The molecule has 0 amide bonds. The lowest BCUT2D eigenvalue weighted by Crippen LogP contribution is -2.24. The van der Waals surface area contributed by atoms with Crippen LogP contribution in [-0.4, -0.2) is 21.9 Å². The number of benzene rings is 2. The SMILES string of the molecule is Oc1ccc(C2COc3cc(O)ccc3[C@@H]2O)cc1. The third-order valence-corrected chi connectivity index (χ3v) is 3.44. The van der Waals surface area contributed by atoms with E-state index >= 15 is 0 Å². The van der Waals surface area contributed by atoms with Gasteiger partial charge in [-0.1, -0.05) is 12.1 Å². The fourth-order valence-corrected chi connectivity index (χ4v) is 2.38. The number of phenolic OH excluding ortho intramolecular Hbond substituents is 2. The fraction of sp³-hybridized carbons (Fsp3) is 0.200. The molecule has 19 heavy (non-hydrogen) atoms. The molecule has 0 saturated heterocycles. The van der Waals surface area contributed by atoms with Gasteiger partial charge >= 0.3 is 0 Å². The Morgan fingerprint density at radius 3 is 2.37 bits per heavy atom. The minimum absolute atomic E-state index is 0.119. The van der Waals surface area contributed by atoms with Crippen LogP contribution in [0.5, 0.6) is 17.2 Å². The molecular formula is C15H14O4. The van der Waals surface area contributed by atoms with Crippen LogP contribution < -0.4 is 4.74 Å². The van der Waals surface area contributed by atoms with Crippen LogP contribution in [-0.2, 0) is 0 Å². The van der Waals surface area contributed by atoms with Gasteiger partial charge in [0.05, 0.1) is 12.7 Å². The number of aliphatic hydroxyl groups is 1. The Kier molecular flexibility index (Phi) is 2.80. The molecule has 1 unspecified atom stereocenters. The van der Waals surface area contributed by atoms with Crippen molar-refractivity contribution < 1.29 is 20.1 Å². The number of aromatic hydroxyl groups is 2. The van der Waals surface area contributed by atoms with Gasteiger partial charge in [0.25, 0.3) is 0 Å². The number of hydrogen-bond donors (Lipinski definition) is 3. The number of aliphatic hydroxyl groups excluding tert-OH is 1. The van der Waals surface area contributed by atoms with Crippen molar-refractivity contribution in [1.29, 1.82) is 0 Å². The zero-order chi connectivity index (χ0) is 13.4. The highest BCUT2D eigenvalue weighted by Crippen LogP contribution is 2.41. The van der Waals surface area contributed by atoms with E-state index in [9.17, 15) is 15.3 Å². The third-order valence-electron chi connectivity index (χ3n) is 3.44. The second kappa shape index (κ2) is 4.48. The number of phenols is 2. The highest BCUT2D eigenvalue weighted by Gasteiger charge is 2.30. The molecule has 0 bridgehead atoms. The lowest BCUT2D eigenvalue weighted by atomic mass is 9.87. The molecule has 4 nitrogen and oxygen atoms in total. The van der Waals surface area contributed by atoms with E-state index in [1.807, 2.05) is 0 Å². The van der Waals surface area contributed by atoms with Gasteiger partial charge in [-0.2, -0.15) is 0 Å². The van der Waals surface area contributed by atoms with Gasteiger partial charge in [-0.05, 0) is 29.8 Å². The van der Waals surface area contributed by atoms with Crippen LogP contribution in [0.2, 0.25) is 0 Å². The molecule has 0 aliphatic carbocycles. The number of ether oxygens (including phenoxy) is 1. The first-order valence-corrected chi connectivity index (χ1v) is 6.08. The van der Waals surface area contributed by atoms with Crippen molar-refractivity contribution in [1.82, 2.24) is 0 Å². The van der Waals surface area contributed by atoms with Crippen molar-refractivity contribution in [3.05, 3.63) is 53.6 Å². The Morgan fingerprint density at radius 2 is 1.63 bits per heavy atom. The first-order chi connectivity index (χ1) is 9.15. The van der Waals surface area contributed by atoms with Crippen molar-refractivity contribution >= 4 is 0 Å². The summed E-state index contributed by atoms with van der Waals surface area (Å²) in [6.45, 7) is 0.336. The Balaban J connectivity index is 1.95. The van der Waals surface area contributed by atoms with Gasteiger partial charge < -0.3 is 20.1 Å². The quantitative estimate of drug-likeness (QED) is 0.734. The Morgan fingerprint density at radius 1 is 0.947 bits per heavy atom. The largest absolute Gasteiger partial charge is 0.508 e. The molecular weight excluding hydrogens is 244 g/mol. The van der Waals surface area contributed by atoms with E-state index in [4.69, 9.17) is 4.74 Å². The van der Waals surface area contributed by atoms with Crippen LogP contribution in [0.1, 0.15) is 23.1 Å². The standard InChI is InChI=1S/C15H14O4/c16-10-3-1-9(2-4-10)13-8-19-14-7-11(17)5-6-12(14)15(13)18/h1-7,13,15-18H,8H2/t13?,15-/m0/s1. The Bertz CT molecular complexity index is 592. The van der Waals surface area contributed by atoms with E-state index in [-0.39, 0.29) is 17.4 Å². The van der Waals surface area contributed by atoms with Crippen molar-refractivity contribution in [2.45, 2.75) is 12.0 Å². The molecule has 1 aliphatic heterocycles. The van der Waals surface area contributed by atoms with E-state index in [1.165, 1.54) is 12.1 Å². The summed E-state index contributed by atoms with van der Waals surface area (Å²) in [6.07, 6.45) is -0.686. The van der Waals surface area contributed by atoms with E-state index in [2.05, 4.69) is 0 Å². The Labute approximate surface area is 110 Å². The van der Waals surface area contributed by atoms with Crippen LogP contribution in [0.3, 0.4) is 0 Å². The van der Waals surface area contributed by atoms with Gasteiger partial charge in [0.1, 0.15) is 17.2 Å². The van der Waals surface area contributed by atoms with Crippen LogP contribution in [0.4, 0.5) is 0 Å². The fourth-order valence-electron chi connectivity index (χ4n) is 2.38. The molecule has 0 radical (unpaired) electrons. The average Bonchev–Trinajstić information content (AvgIpc) is 2.40. The van der Waals surface area contributed by atoms with Crippen molar-refractivity contribution in [2.24, 2.45) is 0 Å². The summed E-state index contributed by atoms with van der Waals surface area (Å²) in [5.74, 6) is 0.648. The maximum absolute atomic E-state index is 10.4. The minimum Gasteiger partial charge on any atom is -0.508 e. The van der Waals surface area contributed by atoms with Crippen LogP contribution >= 0.6 is 0 Å². The van der Waals surface area contributed by atoms with E-state index in [0.717, 1.165) is 5.56 Å². The monoisotopic (exact) mass is 258 g/mol. The first kappa shape index (κ1) is 11.9. The van der Waals surface area contributed by atoms with Gasteiger partial charge in [0, 0.05) is 17.5 Å². The highest BCUT2D eigenvalue weighted by molar-refractivity contribution is 5.45. The second-order valence-electron chi connectivity index (χ2n) is 4.68. The molecule has 2 aromatic rings. The predicted octanol–water partition coefficient (Wildman–Crippen LogP) is 2.31. The molecule has 4 heteroatoms. The molecule has 2 aromatic carbocycles. The third kappa shape index (κ3) is 2.11. The zero-order valence-corrected chi connectivity index (χ0v) is 10.2. The Hall–Kier alpha value is -2.20. The second-order valence-corrected chi connectivity index (χ2v) is 4.68. The van der Waals surface area contributed by atoms with Crippen molar-refractivity contribution in [2.75, 3.05) is 6.61 Å². The summed E-state index contributed by atoms with van der Waals surface area (Å²) in [6, 6.07) is 11.4. The van der Waals surface area contributed by atoms with Crippen molar-refractivity contribution in [3.8, 4) is 17.2 Å². The molecule has 0 fully saturated rings. The molecule has 1 heterocycles. The van der Waals surface area contributed by atoms with Gasteiger partial charge in [0.2, 0.25) is 0 Å². The van der Waals surface area contributed by atoms with E-state index in [0.29, 0.717) is 17.9 Å². The molecule has 0 spiro atoms. The molecule has 3 N–H and O–H groups in total. The minimum atomic E-state index is -0.686. The molecule has 3 rings (SSSR count). The summed E-state index contributed by atoms with van der Waals surface area (Å²) in [7, 11) is 0. The van der Waals surface area contributed by atoms with Gasteiger partial charge in [-0.3, -0.25) is 0 Å². The smallest absolute Gasteiger partial charge is 0.128 e. The zero-order valence-electron chi connectivity index (χ0n) is 10.2. The summed E-state index contributed by atoms with van der Waals surface area (Å²) in [5.41, 5.74) is 1.58. The van der Waals surface area contributed by atoms with Gasteiger partial charge in [-0.15, -0.1) is 0 Å². The predicted molar refractivity (Wildman–Crippen MR) is 69.4 cm³/mol. The van der Waals surface area contributed by atoms with Crippen LogP contribution in [0.15, 0.2) is 42.5 Å². The van der Waals surface area contributed by atoms with Gasteiger partial charge in [0.15, 0.2) is 0 Å². The summed E-state index contributed by atoms with van der Waals surface area (Å²) in [4.78, 5) is 0. The maximum atomic E-state index is 10.4. The van der Waals surface area contributed by atoms with E-state index < -0.39 is 6.10 Å². The molecule has 1 aliphatic rings. The van der Waals surface area contributed by atoms with Crippen LogP contribution in [0, 0.1) is 0 Å². The van der Waals surface area contributed by atoms with Crippen molar-refractivity contribution in [3.63, 3.8) is 0 Å². The average molecular weight is 258 g/mol. The molecule has 0 aromatic heterocycles. The number of hydrogen-bond acceptors (Lipinski definition) is 4. The lowest BCUT2D eigenvalue weighted by Gasteiger charge is -2.30. The van der Waals surface area contributed by atoms with Crippen LogP contribution in [0.25, 0.3) is 0 Å².